The van der Waals surface area contributed by atoms with Crippen molar-refractivity contribution >= 4 is 5.71 Å². The smallest absolute Gasteiger partial charge is 0.132 e. The summed E-state index contributed by atoms with van der Waals surface area (Å²) in [5.41, 5.74) is 2.71. The van der Waals surface area contributed by atoms with Crippen LogP contribution in [0.4, 0.5) is 4.39 Å². The molecule has 1 aliphatic heterocycles. The summed E-state index contributed by atoms with van der Waals surface area (Å²) in [6.07, 6.45) is 1.98. The van der Waals surface area contributed by atoms with Gasteiger partial charge < -0.3 is 0 Å². The molecule has 2 heteroatoms. The molecule has 1 nitrogen and oxygen atoms in total. The summed E-state index contributed by atoms with van der Waals surface area (Å²) in [7, 11) is 0. The Morgan fingerprint density at radius 1 is 1.38 bits per heavy atom. The molecule has 0 saturated heterocycles. The first-order valence-corrected chi connectivity index (χ1v) is 4.57. The molecular weight excluding hydrogens is 165 g/mol. The predicted molar refractivity (Wildman–Crippen MR) is 51.8 cm³/mol. The molecular formula is C11H12FN. The van der Waals surface area contributed by atoms with Crippen molar-refractivity contribution in [3.63, 3.8) is 0 Å². The minimum Gasteiger partial charge on any atom is -0.289 e. The highest BCUT2D eigenvalue weighted by Crippen LogP contribution is 2.17. The summed E-state index contributed by atoms with van der Waals surface area (Å²) in [5.74, 6) is -0.147. The van der Waals surface area contributed by atoms with E-state index in [9.17, 15) is 4.39 Å². The summed E-state index contributed by atoms with van der Waals surface area (Å²) in [6, 6.07) is 5.18. The molecule has 0 fully saturated rings. The number of halogens is 1. The molecule has 0 saturated carbocycles. The lowest BCUT2D eigenvalue weighted by Gasteiger charge is -2.03. The van der Waals surface area contributed by atoms with Gasteiger partial charge in [-0.2, -0.15) is 0 Å². The Kier molecular flexibility index (Phi) is 2.13. The fourth-order valence-corrected chi connectivity index (χ4v) is 1.62. The first-order valence-electron chi connectivity index (χ1n) is 4.57. The Hall–Kier alpha value is -1.18. The van der Waals surface area contributed by atoms with Gasteiger partial charge in [-0.1, -0.05) is 11.6 Å². The summed E-state index contributed by atoms with van der Waals surface area (Å²) in [4.78, 5) is 4.28. The normalized spacial score (nSPS) is 16.0. The summed E-state index contributed by atoms with van der Waals surface area (Å²) in [6.45, 7) is 2.82. The van der Waals surface area contributed by atoms with E-state index in [4.69, 9.17) is 0 Å². The molecule has 0 aromatic heterocycles. The van der Waals surface area contributed by atoms with Crippen LogP contribution >= 0.6 is 0 Å². The SMILES string of the molecule is Cc1ccc(F)c(C2=NCCC2)c1. The van der Waals surface area contributed by atoms with Gasteiger partial charge in [0.1, 0.15) is 5.82 Å². The molecule has 1 heterocycles. The monoisotopic (exact) mass is 177 g/mol. The molecule has 2 rings (SSSR count). The standard InChI is InChI=1S/C11H12FN/c1-8-4-5-10(12)9(7-8)11-3-2-6-13-11/h4-5,7H,2-3,6H2,1H3. The zero-order chi connectivity index (χ0) is 9.26. The van der Waals surface area contributed by atoms with E-state index in [1.807, 2.05) is 13.0 Å². The van der Waals surface area contributed by atoms with Crippen molar-refractivity contribution in [1.82, 2.24) is 0 Å². The number of hydrogen-bond donors (Lipinski definition) is 0. The topological polar surface area (TPSA) is 12.4 Å². The van der Waals surface area contributed by atoms with E-state index >= 15 is 0 Å². The third-order valence-electron chi connectivity index (χ3n) is 2.31. The largest absolute Gasteiger partial charge is 0.289 e. The van der Waals surface area contributed by atoms with Gasteiger partial charge in [-0.05, 0) is 31.9 Å². The maximum atomic E-state index is 13.3. The van der Waals surface area contributed by atoms with E-state index in [2.05, 4.69) is 4.99 Å². The van der Waals surface area contributed by atoms with Crippen molar-refractivity contribution in [3.05, 3.63) is 35.1 Å². The number of benzene rings is 1. The summed E-state index contributed by atoms with van der Waals surface area (Å²) >= 11 is 0. The molecule has 0 bridgehead atoms. The molecule has 0 aliphatic carbocycles. The Morgan fingerprint density at radius 2 is 2.23 bits per heavy atom. The first-order chi connectivity index (χ1) is 6.27. The van der Waals surface area contributed by atoms with Crippen molar-refractivity contribution in [1.29, 1.82) is 0 Å². The number of aryl methyl sites for hydroxylation is 1. The highest BCUT2D eigenvalue weighted by atomic mass is 19.1. The van der Waals surface area contributed by atoms with Gasteiger partial charge >= 0.3 is 0 Å². The third kappa shape index (κ3) is 1.62. The van der Waals surface area contributed by atoms with E-state index in [0.717, 1.165) is 30.7 Å². The lowest BCUT2D eigenvalue weighted by Crippen LogP contribution is -2.00. The van der Waals surface area contributed by atoms with Crippen molar-refractivity contribution in [3.8, 4) is 0 Å². The summed E-state index contributed by atoms with van der Waals surface area (Å²) in [5, 5.41) is 0. The highest BCUT2D eigenvalue weighted by molar-refractivity contribution is 6.01. The Morgan fingerprint density at radius 3 is 2.92 bits per heavy atom. The maximum Gasteiger partial charge on any atom is 0.132 e. The van der Waals surface area contributed by atoms with E-state index in [-0.39, 0.29) is 5.82 Å². The van der Waals surface area contributed by atoms with Crippen LogP contribution in [0.2, 0.25) is 0 Å². The average Bonchev–Trinajstić information content (AvgIpc) is 2.61. The molecule has 0 unspecified atom stereocenters. The van der Waals surface area contributed by atoms with Crippen LogP contribution in [0.3, 0.4) is 0 Å². The molecule has 68 valence electrons. The maximum absolute atomic E-state index is 13.3. The lowest BCUT2D eigenvalue weighted by molar-refractivity contribution is 0.624. The third-order valence-corrected chi connectivity index (χ3v) is 2.31. The van der Waals surface area contributed by atoms with E-state index in [1.165, 1.54) is 6.07 Å². The van der Waals surface area contributed by atoms with Gasteiger partial charge in [-0.3, -0.25) is 4.99 Å². The van der Waals surface area contributed by atoms with Crippen LogP contribution in [0.1, 0.15) is 24.0 Å². The van der Waals surface area contributed by atoms with Crippen molar-refractivity contribution in [2.45, 2.75) is 19.8 Å². The Labute approximate surface area is 77.3 Å². The quantitative estimate of drug-likeness (QED) is 0.625. The molecule has 0 N–H and O–H groups in total. The van der Waals surface area contributed by atoms with Crippen LogP contribution in [0.5, 0.6) is 0 Å². The van der Waals surface area contributed by atoms with Crippen LogP contribution in [0.25, 0.3) is 0 Å². The second kappa shape index (κ2) is 3.29. The average molecular weight is 177 g/mol. The zero-order valence-corrected chi connectivity index (χ0v) is 7.68. The van der Waals surface area contributed by atoms with Gasteiger partial charge in [-0.15, -0.1) is 0 Å². The predicted octanol–water partition coefficient (Wildman–Crippen LogP) is 2.72. The molecule has 0 amide bonds. The minimum absolute atomic E-state index is 0.147. The van der Waals surface area contributed by atoms with Gasteiger partial charge in [0.05, 0.1) is 0 Å². The minimum atomic E-state index is -0.147. The Balaban J connectivity index is 2.43. The van der Waals surface area contributed by atoms with E-state index < -0.39 is 0 Å². The molecule has 1 aromatic carbocycles. The Bertz CT molecular complexity index is 355. The van der Waals surface area contributed by atoms with Crippen LogP contribution in [0.15, 0.2) is 23.2 Å². The van der Waals surface area contributed by atoms with Gasteiger partial charge in [0.15, 0.2) is 0 Å². The fraction of sp³-hybridized carbons (Fsp3) is 0.364. The van der Waals surface area contributed by atoms with Crippen LogP contribution in [-0.4, -0.2) is 12.3 Å². The van der Waals surface area contributed by atoms with Gasteiger partial charge in [0, 0.05) is 17.8 Å². The van der Waals surface area contributed by atoms with Gasteiger partial charge in [0.2, 0.25) is 0 Å². The second-order valence-electron chi connectivity index (χ2n) is 3.42. The van der Waals surface area contributed by atoms with Crippen LogP contribution in [0, 0.1) is 12.7 Å². The number of hydrogen-bond acceptors (Lipinski definition) is 1. The molecule has 1 aromatic rings. The first kappa shape index (κ1) is 8.42. The number of nitrogens with zero attached hydrogens (tertiary/aromatic N) is 1. The van der Waals surface area contributed by atoms with Gasteiger partial charge in [-0.25, -0.2) is 4.39 Å². The van der Waals surface area contributed by atoms with Crippen molar-refractivity contribution in [2.24, 2.45) is 4.99 Å². The number of aliphatic imine (C=N–C) groups is 1. The van der Waals surface area contributed by atoms with Crippen LogP contribution < -0.4 is 0 Å². The lowest BCUT2D eigenvalue weighted by atomic mass is 10.0. The number of rotatable bonds is 1. The molecule has 13 heavy (non-hydrogen) atoms. The van der Waals surface area contributed by atoms with E-state index in [1.54, 1.807) is 6.07 Å². The summed E-state index contributed by atoms with van der Waals surface area (Å²) < 4.78 is 13.3. The highest BCUT2D eigenvalue weighted by Gasteiger charge is 2.12. The molecule has 0 atom stereocenters. The second-order valence-corrected chi connectivity index (χ2v) is 3.42. The van der Waals surface area contributed by atoms with Crippen molar-refractivity contribution < 1.29 is 4.39 Å². The van der Waals surface area contributed by atoms with Crippen LogP contribution in [-0.2, 0) is 0 Å². The zero-order valence-electron chi connectivity index (χ0n) is 7.68. The van der Waals surface area contributed by atoms with Crippen molar-refractivity contribution in [2.75, 3.05) is 6.54 Å². The molecule has 0 radical (unpaired) electrons. The van der Waals surface area contributed by atoms with Gasteiger partial charge in [0.25, 0.3) is 0 Å². The molecule has 1 aliphatic rings. The van der Waals surface area contributed by atoms with E-state index in [0.29, 0.717) is 5.56 Å². The fourth-order valence-electron chi connectivity index (χ4n) is 1.62. The molecule has 0 spiro atoms.